The molecule has 0 radical (unpaired) electrons. The number of aromatic nitrogens is 3. The number of rotatable bonds is 7. The second-order valence-electron chi connectivity index (χ2n) is 6.21. The molecule has 3 rings (SSSR count). The zero-order valence-corrected chi connectivity index (χ0v) is 13.6. The van der Waals surface area contributed by atoms with E-state index in [2.05, 4.69) is 20.3 Å². The van der Waals surface area contributed by atoms with Gasteiger partial charge in [-0.3, -0.25) is 9.67 Å². The number of aliphatic hydroxyl groups excluding tert-OH is 1. The molecule has 1 saturated heterocycles. The van der Waals surface area contributed by atoms with E-state index >= 15 is 0 Å². The summed E-state index contributed by atoms with van der Waals surface area (Å²) in [5, 5.41) is 18.0. The zero-order chi connectivity index (χ0) is 16.1. The van der Waals surface area contributed by atoms with Crippen molar-refractivity contribution in [1.82, 2.24) is 25.0 Å². The molecule has 124 valence electrons. The number of hydrogen-bond donors (Lipinski definition) is 2. The first-order chi connectivity index (χ1) is 11.2. The van der Waals surface area contributed by atoms with Crippen LogP contribution in [0.25, 0.3) is 11.3 Å². The maximum absolute atomic E-state index is 10.1. The highest BCUT2D eigenvalue weighted by Gasteiger charge is 2.16. The van der Waals surface area contributed by atoms with Gasteiger partial charge in [0.05, 0.1) is 11.8 Å². The number of hydrogen-bond acceptors (Lipinski definition) is 5. The van der Waals surface area contributed by atoms with Crippen molar-refractivity contribution < 1.29 is 5.11 Å². The topological polar surface area (TPSA) is 66.2 Å². The Labute approximate surface area is 137 Å². The molecule has 6 nitrogen and oxygen atoms in total. The summed E-state index contributed by atoms with van der Waals surface area (Å²) in [4.78, 5) is 6.49. The minimum atomic E-state index is -0.327. The summed E-state index contributed by atoms with van der Waals surface area (Å²) in [5.41, 5.74) is 3.08. The molecule has 3 heterocycles. The van der Waals surface area contributed by atoms with Gasteiger partial charge in [-0.25, -0.2) is 0 Å². The first kappa shape index (κ1) is 16.1. The lowest BCUT2D eigenvalue weighted by atomic mass is 10.1. The van der Waals surface area contributed by atoms with E-state index in [1.807, 2.05) is 36.3 Å². The van der Waals surface area contributed by atoms with E-state index in [-0.39, 0.29) is 6.10 Å². The Hall–Kier alpha value is -1.76. The molecule has 0 aromatic carbocycles. The van der Waals surface area contributed by atoms with E-state index in [0.717, 1.165) is 36.5 Å². The number of likely N-dealkylation sites (tertiary alicyclic amines) is 1. The SMILES string of the molecule is Cn1cc(CNCC(O)CN2CCCC2)c(-c2cccnc2)n1. The maximum Gasteiger partial charge on any atom is 0.0983 e. The van der Waals surface area contributed by atoms with Crippen molar-refractivity contribution in [3.8, 4) is 11.3 Å². The van der Waals surface area contributed by atoms with Crippen LogP contribution in [0.15, 0.2) is 30.7 Å². The van der Waals surface area contributed by atoms with Gasteiger partial charge in [0.2, 0.25) is 0 Å². The van der Waals surface area contributed by atoms with Crippen LogP contribution in [0.2, 0.25) is 0 Å². The minimum absolute atomic E-state index is 0.327. The van der Waals surface area contributed by atoms with Crippen LogP contribution < -0.4 is 5.32 Å². The van der Waals surface area contributed by atoms with Gasteiger partial charge in [0.25, 0.3) is 0 Å². The molecule has 2 aromatic rings. The van der Waals surface area contributed by atoms with Crippen molar-refractivity contribution in [2.45, 2.75) is 25.5 Å². The molecule has 1 aliphatic heterocycles. The number of nitrogens with one attached hydrogen (secondary N) is 1. The molecule has 1 aliphatic rings. The molecule has 0 spiro atoms. The Bertz CT molecular complexity index is 607. The predicted octanol–water partition coefficient (Wildman–Crippen LogP) is 1.03. The fraction of sp³-hybridized carbons (Fsp3) is 0.529. The third-order valence-corrected chi connectivity index (χ3v) is 4.20. The molecular formula is C17H25N5O. The number of aryl methyl sites for hydroxylation is 1. The number of nitrogens with zero attached hydrogens (tertiary/aromatic N) is 4. The quantitative estimate of drug-likeness (QED) is 0.799. The molecule has 6 heteroatoms. The van der Waals surface area contributed by atoms with Crippen LogP contribution in [0, 0.1) is 0 Å². The van der Waals surface area contributed by atoms with Crippen molar-refractivity contribution >= 4 is 0 Å². The predicted molar refractivity (Wildman–Crippen MR) is 89.8 cm³/mol. The molecule has 1 atom stereocenters. The second-order valence-corrected chi connectivity index (χ2v) is 6.21. The molecule has 0 saturated carbocycles. The highest BCUT2D eigenvalue weighted by molar-refractivity contribution is 5.61. The first-order valence-electron chi connectivity index (χ1n) is 8.26. The van der Waals surface area contributed by atoms with Gasteiger partial charge in [-0.15, -0.1) is 0 Å². The average Bonchev–Trinajstić information content (AvgIpc) is 3.18. The van der Waals surface area contributed by atoms with Crippen LogP contribution in [0.5, 0.6) is 0 Å². The third kappa shape index (κ3) is 4.37. The van der Waals surface area contributed by atoms with Crippen LogP contribution >= 0.6 is 0 Å². The second kappa shape index (κ2) is 7.68. The fourth-order valence-corrected chi connectivity index (χ4v) is 3.11. The lowest BCUT2D eigenvalue weighted by Crippen LogP contribution is -2.36. The fourth-order valence-electron chi connectivity index (χ4n) is 3.11. The largest absolute Gasteiger partial charge is 0.390 e. The van der Waals surface area contributed by atoms with Crippen molar-refractivity contribution in [3.05, 3.63) is 36.3 Å². The maximum atomic E-state index is 10.1. The summed E-state index contributed by atoms with van der Waals surface area (Å²) < 4.78 is 1.82. The molecule has 1 unspecified atom stereocenters. The Morgan fingerprint density at radius 3 is 2.91 bits per heavy atom. The average molecular weight is 315 g/mol. The molecule has 0 amide bonds. The van der Waals surface area contributed by atoms with Gasteiger partial charge < -0.3 is 15.3 Å². The van der Waals surface area contributed by atoms with Crippen molar-refractivity contribution in [2.24, 2.45) is 7.05 Å². The summed E-state index contributed by atoms with van der Waals surface area (Å²) in [6.45, 7) is 4.28. The summed E-state index contributed by atoms with van der Waals surface area (Å²) in [6, 6.07) is 3.93. The molecule has 0 aliphatic carbocycles. The van der Waals surface area contributed by atoms with Crippen LogP contribution in [0.1, 0.15) is 18.4 Å². The van der Waals surface area contributed by atoms with Crippen molar-refractivity contribution in [3.63, 3.8) is 0 Å². The van der Waals surface area contributed by atoms with E-state index in [0.29, 0.717) is 13.1 Å². The lowest BCUT2D eigenvalue weighted by molar-refractivity contribution is 0.123. The van der Waals surface area contributed by atoms with Crippen molar-refractivity contribution in [1.29, 1.82) is 0 Å². The summed E-state index contributed by atoms with van der Waals surface area (Å²) in [5.74, 6) is 0. The monoisotopic (exact) mass is 315 g/mol. The third-order valence-electron chi connectivity index (χ3n) is 4.20. The lowest BCUT2D eigenvalue weighted by Gasteiger charge is -2.19. The first-order valence-corrected chi connectivity index (χ1v) is 8.26. The van der Waals surface area contributed by atoms with E-state index < -0.39 is 0 Å². The van der Waals surface area contributed by atoms with Crippen LogP contribution in [0.3, 0.4) is 0 Å². The summed E-state index contributed by atoms with van der Waals surface area (Å²) in [6.07, 6.45) is 7.79. The molecule has 0 bridgehead atoms. The molecule has 23 heavy (non-hydrogen) atoms. The zero-order valence-electron chi connectivity index (χ0n) is 13.6. The van der Waals surface area contributed by atoms with Crippen LogP contribution in [-0.4, -0.2) is 57.1 Å². The van der Waals surface area contributed by atoms with Gasteiger partial charge in [-0.2, -0.15) is 5.10 Å². The number of pyridine rings is 1. The van der Waals surface area contributed by atoms with Gasteiger partial charge in [0.15, 0.2) is 0 Å². The van der Waals surface area contributed by atoms with E-state index in [1.54, 1.807) is 6.20 Å². The molecule has 2 aromatic heterocycles. The normalized spacial score (nSPS) is 16.8. The van der Waals surface area contributed by atoms with Gasteiger partial charge in [-0.05, 0) is 38.1 Å². The number of aliphatic hydroxyl groups is 1. The Morgan fingerprint density at radius 1 is 1.35 bits per heavy atom. The molecular weight excluding hydrogens is 290 g/mol. The Kier molecular flexibility index (Phi) is 5.38. The number of β-amino-alcohol motifs (C(OH)–C–C–N with tert-alkyl or cyclic N) is 1. The highest BCUT2D eigenvalue weighted by atomic mass is 16.3. The van der Waals surface area contributed by atoms with E-state index in [1.165, 1.54) is 12.8 Å². The van der Waals surface area contributed by atoms with E-state index in [9.17, 15) is 5.11 Å². The van der Waals surface area contributed by atoms with Crippen LogP contribution in [-0.2, 0) is 13.6 Å². The highest BCUT2D eigenvalue weighted by Crippen LogP contribution is 2.20. The van der Waals surface area contributed by atoms with Gasteiger partial charge in [0.1, 0.15) is 0 Å². The molecule has 2 N–H and O–H groups in total. The van der Waals surface area contributed by atoms with Gasteiger partial charge >= 0.3 is 0 Å². The minimum Gasteiger partial charge on any atom is -0.390 e. The Morgan fingerprint density at radius 2 is 2.17 bits per heavy atom. The van der Waals surface area contributed by atoms with Crippen molar-refractivity contribution in [2.75, 3.05) is 26.2 Å². The van der Waals surface area contributed by atoms with Gasteiger partial charge in [-0.1, -0.05) is 0 Å². The summed E-state index contributed by atoms with van der Waals surface area (Å²) in [7, 11) is 1.92. The van der Waals surface area contributed by atoms with Gasteiger partial charge in [0, 0.05) is 56.4 Å². The standard InChI is InChI=1S/C17H25N5O/c1-21-12-15(17(20-21)14-5-4-6-18-9-14)10-19-11-16(23)13-22-7-2-3-8-22/h4-6,9,12,16,19,23H,2-3,7-8,10-11,13H2,1H3. The van der Waals surface area contributed by atoms with E-state index in [4.69, 9.17) is 0 Å². The molecule has 1 fully saturated rings. The Balaban J connectivity index is 1.54. The smallest absolute Gasteiger partial charge is 0.0983 e. The summed E-state index contributed by atoms with van der Waals surface area (Å²) >= 11 is 0. The van der Waals surface area contributed by atoms with Crippen LogP contribution in [0.4, 0.5) is 0 Å².